The van der Waals surface area contributed by atoms with Crippen molar-refractivity contribution in [3.8, 4) is 16.9 Å². The second-order valence-electron chi connectivity index (χ2n) is 6.55. The SMILES string of the molecule is CCCc1ccc(-c2ccc(C(F)(F)Oc3cc(F)c(Cl)c(F)c3)cc2)c(F)c1F. The maximum Gasteiger partial charge on any atom is 0.426 e. The average Bonchev–Trinajstić information content (AvgIpc) is 2.70. The number of alkyl halides is 2. The van der Waals surface area contributed by atoms with Gasteiger partial charge in [0.1, 0.15) is 22.4 Å². The summed E-state index contributed by atoms with van der Waals surface area (Å²) in [6, 6.07) is 8.15. The van der Waals surface area contributed by atoms with Crippen molar-refractivity contribution >= 4 is 11.6 Å². The van der Waals surface area contributed by atoms with E-state index in [1.165, 1.54) is 24.3 Å². The van der Waals surface area contributed by atoms with Gasteiger partial charge in [0.2, 0.25) is 0 Å². The molecule has 0 fully saturated rings. The quantitative estimate of drug-likeness (QED) is 0.280. The van der Waals surface area contributed by atoms with Gasteiger partial charge in [-0.05, 0) is 29.7 Å². The van der Waals surface area contributed by atoms with Gasteiger partial charge in [-0.3, -0.25) is 0 Å². The first-order valence-electron chi connectivity index (χ1n) is 8.93. The first-order valence-corrected chi connectivity index (χ1v) is 9.31. The molecule has 8 heteroatoms. The molecule has 0 saturated heterocycles. The Morgan fingerprint density at radius 2 is 1.47 bits per heavy atom. The van der Waals surface area contributed by atoms with Crippen LogP contribution in [0.15, 0.2) is 48.5 Å². The minimum absolute atomic E-state index is 0.0787. The van der Waals surface area contributed by atoms with E-state index in [-0.39, 0.29) is 16.7 Å². The topological polar surface area (TPSA) is 9.23 Å². The number of benzene rings is 3. The summed E-state index contributed by atoms with van der Waals surface area (Å²) in [6.45, 7) is 1.83. The molecule has 30 heavy (non-hydrogen) atoms. The molecule has 0 aliphatic carbocycles. The van der Waals surface area contributed by atoms with Crippen molar-refractivity contribution in [2.75, 3.05) is 0 Å². The predicted octanol–water partition coefficient (Wildman–Crippen LogP) is 7.64. The van der Waals surface area contributed by atoms with Crippen LogP contribution in [0.25, 0.3) is 11.1 Å². The Labute approximate surface area is 173 Å². The van der Waals surface area contributed by atoms with Crippen molar-refractivity contribution in [1.82, 2.24) is 0 Å². The van der Waals surface area contributed by atoms with E-state index in [4.69, 9.17) is 11.6 Å². The zero-order valence-corrected chi connectivity index (χ0v) is 16.3. The fraction of sp³-hybridized carbons (Fsp3) is 0.182. The Hall–Kier alpha value is -2.67. The van der Waals surface area contributed by atoms with Gasteiger partial charge < -0.3 is 4.74 Å². The largest absolute Gasteiger partial charge is 0.429 e. The summed E-state index contributed by atoms with van der Waals surface area (Å²) < 4.78 is 88.6. The van der Waals surface area contributed by atoms with Gasteiger partial charge in [-0.2, -0.15) is 8.78 Å². The van der Waals surface area contributed by atoms with Crippen LogP contribution in [-0.4, -0.2) is 0 Å². The summed E-state index contributed by atoms with van der Waals surface area (Å²) >= 11 is 5.31. The Balaban J connectivity index is 1.87. The molecule has 0 amide bonds. The fourth-order valence-corrected chi connectivity index (χ4v) is 3.03. The van der Waals surface area contributed by atoms with E-state index in [1.807, 2.05) is 6.92 Å². The zero-order chi connectivity index (χ0) is 22.1. The van der Waals surface area contributed by atoms with Crippen molar-refractivity contribution in [3.05, 3.63) is 87.9 Å². The molecule has 0 aromatic heterocycles. The molecule has 0 spiro atoms. The summed E-state index contributed by atoms with van der Waals surface area (Å²) in [5.74, 6) is -5.30. The van der Waals surface area contributed by atoms with Crippen LogP contribution in [0.1, 0.15) is 24.5 Å². The summed E-state index contributed by atoms with van der Waals surface area (Å²) in [7, 11) is 0. The van der Waals surface area contributed by atoms with Crippen LogP contribution in [0.3, 0.4) is 0 Å². The van der Waals surface area contributed by atoms with Gasteiger partial charge in [-0.1, -0.05) is 49.2 Å². The van der Waals surface area contributed by atoms with Crippen LogP contribution in [0.2, 0.25) is 5.02 Å². The van der Waals surface area contributed by atoms with Gasteiger partial charge in [0.05, 0.1) is 5.56 Å². The first-order chi connectivity index (χ1) is 14.1. The standard InChI is InChI=1S/C22H15ClF6O/c1-2-3-13-6-9-16(21(27)20(13)26)12-4-7-14(8-5-12)22(28,29)30-15-10-17(24)19(23)18(25)11-15/h4-11H,2-3H2,1H3. The van der Waals surface area contributed by atoms with Gasteiger partial charge in [0.15, 0.2) is 11.6 Å². The van der Waals surface area contributed by atoms with Crippen LogP contribution in [-0.2, 0) is 12.5 Å². The summed E-state index contributed by atoms with van der Waals surface area (Å²) in [5.41, 5.74) is -0.314. The summed E-state index contributed by atoms with van der Waals surface area (Å²) in [4.78, 5) is 0. The molecule has 0 heterocycles. The molecule has 3 aromatic rings. The lowest BCUT2D eigenvalue weighted by Gasteiger charge is -2.19. The molecule has 0 atom stereocenters. The normalized spacial score (nSPS) is 11.6. The highest BCUT2D eigenvalue weighted by molar-refractivity contribution is 6.30. The first kappa shape index (κ1) is 22.0. The monoisotopic (exact) mass is 444 g/mol. The van der Waals surface area contributed by atoms with Gasteiger partial charge in [-0.25, -0.2) is 17.6 Å². The number of ether oxygens (including phenoxy) is 1. The number of hydrogen-bond acceptors (Lipinski definition) is 1. The molecule has 1 nitrogen and oxygen atoms in total. The lowest BCUT2D eigenvalue weighted by molar-refractivity contribution is -0.185. The maximum absolute atomic E-state index is 14.4. The molecular formula is C22H15ClF6O. The Kier molecular flexibility index (Phi) is 6.31. The van der Waals surface area contributed by atoms with E-state index in [2.05, 4.69) is 4.74 Å². The van der Waals surface area contributed by atoms with Gasteiger partial charge >= 0.3 is 6.11 Å². The van der Waals surface area contributed by atoms with Gasteiger partial charge in [0.25, 0.3) is 0 Å². The molecule has 0 aliphatic heterocycles. The number of halogens is 7. The molecule has 0 aliphatic rings. The van der Waals surface area contributed by atoms with Crippen LogP contribution < -0.4 is 4.74 Å². The average molecular weight is 445 g/mol. The highest BCUT2D eigenvalue weighted by Crippen LogP contribution is 2.35. The van der Waals surface area contributed by atoms with Crippen LogP contribution >= 0.6 is 11.6 Å². The molecule has 0 radical (unpaired) electrons. The van der Waals surface area contributed by atoms with Crippen molar-refractivity contribution in [1.29, 1.82) is 0 Å². The highest BCUT2D eigenvalue weighted by atomic mass is 35.5. The van der Waals surface area contributed by atoms with Crippen molar-refractivity contribution in [3.63, 3.8) is 0 Å². The summed E-state index contributed by atoms with van der Waals surface area (Å²) in [6.07, 6.45) is -2.93. The third-order valence-corrected chi connectivity index (χ3v) is 4.78. The van der Waals surface area contributed by atoms with Crippen LogP contribution in [0.4, 0.5) is 26.3 Å². The van der Waals surface area contributed by atoms with Crippen molar-refractivity contribution in [2.45, 2.75) is 25.9 Å². The third kappa shape index (κ3) is 4.41. The number of rotatable bonds is 6. The predicted molar refractivity (Wildman–Crippen MR) is 102 cm³/mol. The third-order valence-electron chi connectivity index (χ3n) is 4.42. The lowest BCUT2D eigenvalue weighted by Crippen LogP contribution is -2.22. The Bertz CT molecular complexity index is 1040. The van der Waals surface area contributed by atoms with E-state index in [0.29, 0.717) is 25.0 Å². The Morgan fingerprint density at radius 1 is 0.867 bits per heavy atom. The highest BCUT2D eigenvalue weighted by Gasteiger charge is 2.35. The molecule has 0 N–H and O–H groups in total. The minimum atomic E-state index is -3.94. The molecular weight excluding hydrogens is 430 g/mol. The van der Waals surface area contributed by atoms with Crippen molar-refractivity contribution < 1.29 is 31.1 Å². The van der Waals surface area contributed by atoms with E-state index >= 15 is 0 Å². The number of aryl methyl sites for hydroxylation is 1. The zero-order valence-electron chi connectivity index (χ0n) is 15.6. The fourth-order valence-electron chi connectivity index (χ4n) is 2.92. The van der Waals surface area contributed by atoms with Gasteiger partial charge in [-0.15, -0.1) is 0 Å². The second kappa shape index (κ2) is 8.60. The van der Waals surface area contributed by atoms with Crippen molar-refractivity contribution in [2.24, 2.45) is 0 Å². The van der Waals surface area contributed by atoms with E-state index in [0.717, 1.165) is 12.1 Å². The van der Waals surface area contributed by atoms with E-state index < -0.39 is 45.7 Å². The second-order valence-corrected chi connectivity index (χ2v) is 6.93. The molecule has 158 valence electrons. The molecule has 3 rings (SSSR count). The van der Waals surface area contributed by atoms with Crippen LogP contribution in [0.5, 0.6) is 5.75 Å². The molecule has 0 unspecified atom stereocenters. The minimum Gasteiger partial charge on any atom is -0.429 e. The lowest BCUT2D eigenvalue weighted by atomic mass is 9.99. The number of hydrogen-bond donors (Lipinski definition) is 0. The Morgan fingerprint density at radius 3 is 2.03 bits per heavy atom. The molecule has 3 aromatic carbocycles. The van der Waals surface area contributed by atoms with Crippen LogP contribution in [0, 0.1) is 23.3 Å². The molecule has 0 bridgehead atoms. The smallest absolute Gasteiger partial charge is 0.426 e. The van der Waals surface area contributed by atoms with E-state index in [1.54, 1.807) is 0 Å². The van der Waals surface area contributed by atoms with Gasteiger partial charge in [0, 0.05) is 17.7 Å². The molecule has 0 saturated carbocycles. The maximum atomic E-state index is 14.4. The van der Waals surface area contributed by atoms with E-state index in [9.17, 15) is 26.3 Å². The summed E-state index contributed by atoms with van der Waals surface area (Å²) in [5, 5.41) is -0.839.